The molecule has 2 heterocycles. The monoisotopic (exact) mass is 337 g/mol. The Morgan fingerprint density at radius 3 is 2.85 bits per heavy atom. The van der Waals surface area contributed by atoms with Gasteiger partial charge in [-0.2, -0.15) is 4.98 Å². The molecule has 1 saturated heterocycles. The third-order valence-corrected chi connectivity index (χ3v) is 3.86. The number of amides is 1. The van der Waals surface area contributed by atoms with Crippen molar-refractivity contribution in [1.29, 1.82) is 0 Å². The molecule has 1 aromatic carbocycles. The lowest BCUT2D eigenvalue weighted by atomic mass is 10.2. The lowest BCUT2D eigenvalue weighted by molar-refractivity contribution is 0.131. The quantitative estimate of drug-likeness (QED) is 0.909. The highest BCUT2D eigenvalue weighted by Gasteiger charge is 2.34. The summed E-state index contributed by atoms with van der Waals surface area (Å²) in [7, 11) is 0. The molecule has 1 aliphatic heterocycles. The summed E-state index contributed by atoms with van der Waals surface area (Å²) in [6.07, 6.45) is 0.581. The average Bonchev–Trinajstić information content (AvgIpc) is 3.08. The van der Waals surface area contributed by atoms with Crippen molar-refractivity contribution >= 4 is 22.0 Å². The lowest BCUT2D eigenvalue weighted by Crippen LogP contribution is -2.28. The van der Waals surface area contributed by atoms with E-state index in [1.165, 1.54) is 4.90 Å². The molecule has 0 saturated carbocycles. The molecule has 1 fully saturated rings. The molecule has 0 spiro atoms. The van der Waals surface area contributed by atoms with Crippen molar-refractivity contribution in [1.82, 2.24) is 15.0 Å². The standard InChI is InChI=1S/C13H12BrN3O3/c14-9-5-3-8(4-6-9)11-15-12(20-16-11)10-2-1-7-17(10)13(18)19/h3-6,10H,1-2,7H2,(H,18,19). The number of likely N-dealkylation sites (tertiary alicyclic amines) is 1. The van der Waals surface area contributed by atoms with Gasteiger partial charge in [0, 0.05) is 16.6 Å². The molecule has 0 radical (unpaired) electrons. The van der Waals surface area contributed by atoms with Crippen molar-refractivity contribution in [3.05, 3.63) is 34.6 Å². The van der Waals surface area contributed by atoms with Gasteiger partial charge in [-0.05, 0) is 37.1 Å². The van der Waals surface area contributed by atoms with Crippen molar-refractivity contribution in [3.8, 4) is 11.4 Å². The minimum atomic E-state index is -0.948. The van der Waals surface area contributed by atoms with Crippen LogP contribution in [0.5, 0.6) is 0 Å². The maximum Gasteiger partial charge on any atom is 0.407 e. The Labute approximate surface area is 123 Å². The number of carbonyl (C=O) groups is 1. The zero-order valence-electron chi connectivity index (χ0n) is 10.5. The van der Waals surface area contributed by atoms with Crippen LogP contribution in [0.3, 0.4) is 0 Å². The fraction of sp³-hybridized carbons (Fsp3) is 0.308. The summed E-state index contributed by atoms with van der Waals surface area (Å²) in [6, 6.07) is 7.21. The number of halogens is 1. The Morgan fingerprint density at radius 1 is 1.40 bits per heavy atom. The van der Waals surface area contributed by atoms with Gasteiger partial charge >= 0.3 is 6.09 Å². The summed E-state index contributed by atoms with van der Waals surface area (Å²) in [4.78, 5) is 16.8. The van der Waals surface area contributed by atoms with E-state index < -0.39 is 6.09 Å². The minimum Gasteiger partial charge on any atom is -0.465 e. The second-order valence-corrected chi connectivity index (χ2v) is 5.51. The largest absolute Gasteiger partial charge is 0.465 e. The van der Waals surface area contributed by atoms with Gasteiger partial charge in [0.05, 0.1) is 0 Å². The van der Waals surface area contributed by atoms with Gasteiger partial charge in [0.25, 0.3) is 0 Å². The van der Waals surface area contributed by atoms with Gasteiger partial charge in [0.1, 0.15) is 6.04 Å². The van der Waals surface area contributed by atoms with E-state index in [4.69, 9.17) is 9.63 Å². The third-order valence-electron chi connectivity index (χ3n) is 3.33. The highest BCUT2D eigenvalue weighted by Crippen LogP contribution is 2.32. The van der Waals surface area contributed by atoms with Gasteiger partial charge in [-0.3, -0.25) is 4.90 Å². The molecule has 3 rings (SSSR count). The molecule has 1 aliphatic rings. The second-order valence-electron chi connectivity index (χ2n) is 4.60. The second kappa shape index (κ2) is 5.24. The zero-order chi connectivity index (χ0) is 14.1. The SMILES string of the molecule is O=C(O)N1CCCC1c1nc(-c2ccc(Br)cc2)no1. The number of hydrogen-bond acceptors (Lipinski definition) is 4. The molecule has 104 valence electrons. The van der Waals surface area contributed by atoms with Crippen LogP contribution in [0.4, 0.5) is 4.79 Å². The molecule has 20 heavy (non-hydrogen) atoms. The molecule has 2 aromatic rings. The van der Waals surface area contributed by atoms with Gasteiger partial charge < -0.3 is 9.63 Å². The fourth-order valence-corrected chi connectivity index (χ4v) is 2.60. The molecule has 0 bridgehead atoms. The highest BCUT2D eigenvalue weighted by atomic mass is 79.9. The van der Waals surface area contributed by atoms with Crippen molar-refractivity contribution in [2.75, 3.05) is 6.54 Å². The maximum atomic E-state index is 11.1. The Morgan fingerprint density at radius 2 is 2.15 bits per heavy atom. The van der Waals surface area contributed by atoms with Crippen molar-refractivity contribution in [3.63, 3.8) is 0 Å². The summed E-state index contributed by atoms with van der Waals surface area (Å²) < 4.78 is 6.21. The Balaban J connectivity index is 1.86. The van der Waals surface area contributed by atoms with E-state index in [0.29, 0.717) is 24.7 Å². The van der Waals surface area contributed by atoms with Crippen LogP contribution < -0.4 is 0 Å². The molecule has 1 atom stereocenters. The van der Waals surface area contributed by atoms with Crippen LogP contribution in [-0.2, 0) is 0 Å². The first kappa shape index (κ1) is 13.1. The highest BCUT2D eigenvalue weighted by molar-refractivity contribution is 9.10. The van der Waals surface area contributed by atoms with Gasteiger partial charge in [0.2, 0.25) is 11.7 Å². The molecule has 1 aromatic heterocycles. The molecule has 1 amide bonds. The number of aromatic nitrogens is 2. The summed E-state index contributed by atoms with van der Waals surface area (Å²) in [6.45, 7) is 0.510. The number of carboxylic acid groups (broad SMARTS) is 1. The first-order valence-electron chi connectivity index (χ1n) is 6.24. The van der Waals surface area contributed by atoms with Crippen molar-refractivity contribution < 1.29 is 14.4 Å². The first-order chi connectivity index (χ1) is 9.65. The normalized spacial score (nSPS) is 18.4. The summed E-state index contributed by atoms with van der Waals surface area (Å²) in [5.41, 5.74) is 0.836. The summed E-state index contributed by atoms with van der Waals surface area (Å²) >= 11 is 3.36. The van der Waals surface area contributed by atoms with E-state index in [2.05, 4.69) is 26.1 Å². The van der Waals surface area contributed by atoms with Gasteiger partial charge in [-0.25, -0.2) is 4.79 Å². The topological polar surface area (TPSA) is 79.5 Å². The maximum absolute atomic E-state index is 11.1. The fourth-order valence-electron chi connectivity index (χ4n) is 2.34. The van der Waals surface area contributed by atoms with Crippen LogP contribution in [0.2, 0.25) is 0 Å². The van der Waals surface area contributed by atoms with Crippen LogP contribution in [0.1, 0.15) is 24.8 Å². The average molecular weight is 338 g/mol. The van der Waals surface area contributed by atoms with Crippen LogP contribution in [0.25, 0.3) is 11.4 Å². The van der Waals surface area contributed by atoms with E-state index in [0.717, 1.165) is 16.5 Å². The molecule has 1 unspecified atom stereocenters. The van der Waals surface area contributed by atoms with E-state index in [-0.39, 0.29) is 6.04 Å². The minimum absolute atomic E-state index is 0.329. The van der Waals surface area contributed by atoms with E-state index in [1.807, 2.05) is 24.3 Å². The third kappa shape index (κ3) is 2.40. The molecule has 7 heteroatoms. The first-order valence-corrected chi connectivity index (χ1v) is 7.03. The summed E-state index contributed by atoms with van der Waals surface area (Å²) in [5, 5.41) is 13.1. The molecule has 6 nitrogen and oxygen atoms in total. The molecular weight excluding hydrogens is 326 g/mol. The number of nitrogens with zero attached hydrogens (tertiary/aromatic N) is 3. The number of hydrogen-bond donors (Lipinski definition) is 1. The Kier molecular flexibility index (Phi) is 3.43. The molecule has 0 aliphatic carbocycles. The van der Waals surface area contributed by atoms with Gasteiger partial charge in [0.15, 0.2) is 0 Å². The zero-order valence-corrected chi connectivity index (χ0v) is 12.1. The van der Waals surface area contributed by atoms with Crippen LogP contribution >= 0.6 is 15.9 Å². The molecule has 1 N–H and O–H groups in total. The van der Waals surface area contributed by atoms with E-state index >= 15 is 0 Å². The van der Waals surface area contributed by atoms with Gasteiger partial charge in [-0.15, -0.1) is 0 Å². The molecular formula is C13H12BrN3O3. The van der Waals surface area contributed by atoms with Crippen molar-refractivity contribution in [2.45, 2.75) is 18.9 Å². The number of rotatable bonds is 2. The summed E-state index contributed by atoms with van der Waals surface area (Å²) in [5.74, 6) is 0.840. The Hall–Kier alpha value is -1.89. The van der Waals surface area contributed by atoms with Gasteiger partial charge in [-0.1, -0.05) is 21.1 Å². The lowest BCUT2D eigenvalue weighted by Gasteiger charge is -2.17. The Bertz CT molecular complexity index is 626. The predicted octanol–water partition coefficient (Wildman–Crippen LogP) is 3.31. The van der Waals surface area contributed by atoms with Crippen LogP contribution in [-0.4, -0.2) is 32.8 Å². The van der Waals surface area contributed by atoms with Crippen LogP contribution in [0, 0.1) is 0 Å². The van der Waals surface area contributed by atoms with E-state index in [1.54, 1.807) is 0 Å². The van der Waals surface area contributed by atoms with Crippen molar-refractivity contribution in [2.24, 2.45) is 0 Å². The van der Waals surface area contributed by atoms with Crippen LogP contribution in [0.15, 0.2) is 33.3 Å². The smallest absolute Gasteiger partial charge is 0.407 e. The number of benzene rings is 1. The van der Waals surface area contributed by atoms with E-state index in [9.17, 15) is 4.79 Å². The predicted molar refractivity (Wildman–Crippen MR) is 74.1 cm³/mol.